The predicted octanol–water partition coefficient (Wildman–Crippen LogP) is 5.33. The van der Waals surface area contributed by atoms with E-state index < -0.39 is 51.2 Å². The van der Waals surface area contributed by atoms with Crippen LogP contribution < -0.4 is 0 Å². The number of halogens is 5. The molecular weight excluding hydrogens is 468 g/mol. The number of carboxylic acids is 1. The fourth-order valence-corrected chi connectivity index (χ4v) is 4.21. The zero-order chi connectivity index (χ0) is 24.1. The van der Waals surface area contributed by atoms with E-state index in [0.29, 0.717) is 31.0 Å². The molecule has 0 atom stereocenters. The van der Waals surface area contributed by atoms with Gasteiger partial charge < -0.3 is 14.8 Å². The maximum atomic E-state index is 14.8. The highest BCUT2D eigenvalue weighted by molar-refractivity contribution is 6.35. The van der Waals surface area contributed by atoms with Gasteiger partial charge in [-0.05, 0) is 43.5 Å². The van der Waals surface area contributed by atoms with Gasteiger partial charge in [-0.25, -0.2) is 14.2 Å². The first-order valence-electron chi connectivity index (χ1n) is 9.76. The van der Waals surface area contributed by atoms with Gasteiger partial charge in [-0.2, -0.15) is 13.2 Å². The zero-order valence-electron chi connectivity index (χ0n) is 16.7. The third kappa shape index (κ3) is 3.95. The SMILES string of the molecule is O=C(O)c1cc(F)c(-c2nc(C(=O)c3c(Cl)cccc3C(F)(F)F)n3c2CCCC3)cc1O. The summed E-state index contributed by atoms with van der Waals surface area (Å²) in [4.78, 5) is 28.6. The van der Waals surface area contributed by atoms with Gasteiger partial charge in [-0.3, -0.25) is 4.79 Å². The lowest BCUT2D eigenvalue weighted by Gasteiger charge is -2.18. The van der Waals surface area contributed by atoms with Crippen molar-refractivity contribution < 1.29 is 37.4 Å². The second-order valence-electron chi connectivity index (χ2n) is 7.48. The summed E-state index contributed by atoms with van der Waals surface area (Å²) in [6.45, 7) is 0.260. The topological polar surface area (TPSA) is 92.4 Å². The number of aromatic carboxylic acids is 1. The van der Waals surface area contributed by atoms with Crippen LogP contribution >= 0.6 is 11.6 Å². The van der Waals surface area contributed by atoms with Crippen molar-refractivity contribution in [3.05, 3.63) is 69.4 Å². The van der Waals surface area contributed by atoms with Gasteiger partial charge in [-0.1, -0.05) is 17.7 Å². The lowest BCUT2D eigenvalue weighted by atomic mass is 10.0. The molecule has 172 valence electrons. The van der Waals surface area contributed by atoms with Gasteiger partial charge in [0.2, 0.25) is 5.78 Å². The number of aromatic nitrogens is 2. The number of rotatable bonds is 4. The Morgan fingerprint density at radius 3 is 2.55 bits per heavy atom. The van der Waals surface area contributed by atoms with Crippen molar-refractivity contribution in [2.24, 2.45) is 0 Å². The summed E-state index contributed by atoms with van der Waals surface area (Å²) in [6, 6.07) is 4.48. The summed E-state index contributed by atoms with van der Waals surface area (Å²) >= 11 is 5.97. The molecule has 0 saturated carbocycles. The third-order valence-corrected chi connectivity index (χ3v) is 5.75. The molecule has 6 nitrogen and oxygen atoms in total. The average Bonchev–Trinajstić information content (AvgIpc) is 3.13. The van der Waals surface area contributed by atoms with Crippen LogP contribution in [0.1, 0.15) is 50.6 Å². The quantitative estimate of drug-likeness (QED) is 0.387. The standard InChI is InChI=1S/C22H15ClF4N2O4/c23-13-5-3-4-12(22(25,26)27)17(13)19(31)20-28-18(15-6-1-2-7-29(15)20)10-9-16(30)11(21(32)33)8-14(10)24/h3-5,8-9,30H,1-2,6-7H2,(H,32,33). The van der Waals surface area contributed by atoms with Crippen LogP contribution in [0.3, 0.4) is 0 Å². The van der Waals surface area contributed by atoms with E-state index >= 15 is 0 Å². The molecule has 2 heterocycles. The molecule has 2 N–H and O–H groups in total. The van der Waals surface area contributed by atoms with E-state index in [4.69, 9.17) is 16.7 Å². The number of carboxylic acid groups (broad SMARTS) is 1. The van der Waals surface area contributed by atoms with E-state index in [9.17, 15) is 32.3 Å². The lowest BCUT2D eigenvalue weighted by molar-refractivity contribution is -0.137. The van der Waals surface area contributed by atoms with Crippen LogP contribution in [0.4, 0.5) is 17.6 Å². The van der Waals surface area contributed by atoms with E-state index in [1.807, 2.05) is 0 Å². The lowest BCUT2D eigenvalue weighted by Crippen LogP contribution is -2.20. The van der Waals surface area contributed by atoms with Crippen LogP contribution in [0.25, 0.3) is 11.3 Å². The van der Waals surface area contributed by atoms with Crippen molar-refractivity contribution in [2.45, 2.75) is 32.0 Å². The Kier molecular flexibility index (Phi) is 5.65. The highest BCUT2D eigenvalue weighted by atomic mass is 35.5. The Balaban J connectivity index is 1.92. The first kappa shape index (κ1) is 22.8. The number of nitrogens with zero attached hydrogens (tertiary/aromatic N) is 2. The first-order chi connectivity index (χ1) is 15.5. The van der Waals surface area contributed by atoms with Crippen molar-refractivity contribution in [1.29, 1.82) is 0 Å². The monoisotopic (exact) mass is 482 g/mol. The van der Waals surface area contributed by atoms with E-state index in [-0.39, 0.29) is 23.6 Å². The molecular formula is C22H15ClF4N2O4. The Hall–Kier alpha value is -3.40. The number of ketones is 1. The molecule has 2 aromatic carbocycles. The number of fused-ring (bicyclic) bond motifs is 1. The van der Waals surface area contributed by atoms with Gasteiger partial charge in [0.25, 0.3) is 0 Å². The summed E-state index contributed by atoms with van der Waals surface area (Å²) in [5, 5.41) is 18.7. The van der Waals surface area contributed by atoms with E-state index in [0.717, 1.165) is 24.3 Å². The van der Waals surface area contributed by atoms with E-state index in [1.54, 1.807) is 0 Å². The highest BCUT2D eigenvalue weighted by Gasteiger charge is 2.38. The Labute approximate surface area is 189 Å². The second-order valence-corrected chi connectivity index (χ2v) is 7.89. The number of carbonyl (C=O) groups is 2. The minimum atomic E-state index is -4.85. The average molecular weight is 483 g/mol. The molecule has 11 heteroatoms. The maximum Gasteiger partial charge on any atom is 0.417 e. The fourth-order valence-electron chi connectivity index (χ4n) is 3.95. The van der Waals surface area contributed by atoms with E-state index in [2.05, 4.69) is 4.98 Å². The number of carbonyl (C=O) groups excluding carboxylic acids is 1. The second kappa shape index (κ2) is 8.18. The molecule has 0 unspecified atom stereocenters. The molecule has 0 radical (unpaired) electrons. The molecule has 0 aliphatic carbocycles. The summed E-state index contributed by atoms with van der Waals surface area (Å²) in [5.41, 5.74) is -2.57. The van der Waals surface area contributed by atoms with Gasteiger partial charge in [0.1, 0.15) is 17.1 Å². The van der Waals surface area contributed by atoms with Gasteiger partial charge in [0.05, 0.1) is 21.8 Å². The minimum absolute atomic E-state index is 0.0524. The van der Waals surface area contributed by atoms with Gasteiger partial charge in [0.15, 0.2) is 5.82 Å². The Morgan fingerprint density at radius 1 is 1.15 bits per heavy atom. The predicted molar refractivity (Wildman–Crippen MR) is 109 cm³/mol. The third-order valence-electron chi connectivity index (χ3n) is 5.44. The molecule has 1 aromatic heterocycles. The van der Waals surface area contributed by atoms with Crippen molar-refractivity contribution >= 4 is 23.4 Å². The molecule has 0 spiro atoms. The van der Waals surface area contributed by atoms with E-state index in [1.165, 1.54) is 4.57 Å². The minimum Gasteiger partial charge on any atom is -0.507 e. The molecule has 0 bridgehead atoms. The van der Waals surface area contributed by atoms with Crippen LogP contribution in [0.15, 0.2) is 30.3 Å². The first-order valence-corrected chi connectivity index (χ1v) is 10.1. The van der Waals surface area contributed by atoms with Crippen LogP contribution in [0.2, 0.25) is 5.02 Å². The molecule has 1 aliphatic rings. The number of benzene rings is 2. The number of alkyl halides is 3. The van der Waals surface area contributed by atoms with Gasteiger partial charge in [-0.15, -0.1) is 0 Å². The molecule has 0 amide bonds. The van der Waals surface area contributed by atoms with Crippen LogP contribution in [0, 0.1) is 5.82 Å². The largest absolute Gasteiger partial charge is 0.507 e. The zero-order valence-corrected chi connectivity index (χ0v) is 17.5. The van der Waals surface area contributed by atoms with Crippen LogP contribution in [0.5, 0.6) is 5.75 Å². The molecule has 33 heavy (non-hydrogen) atoms. The van der Waals surface area contributed by atoms with Crippen molar-refractivity contribution in [3.63, 3.8) is 0 Å². The number of phenols is 1. The summed E-state index contributed by atoms with van der Waals surface area (Å²) in [7, 11) is 0. The van der Waals surface area contributed by atoms with Crippen LogP contribution in [-0.2, 0) is 19.1 Å². The maximum absolute atomic E-state index is 14.8. The molecule has 1 aliphatic heterocycles. The Morgan fingerprint density at radius 2 is 1.88 bits per heavy atom. The van der Waals surface area contributed by atoms with Crippen molar-refractivity contribution in [2.75, 3.05) is 0 Å². The Bertz CT molecular complexity index is 1300. The van der Waals surface area contributed by atoms with Gasteiger partial charge in [0, 0.05) is 17.8 Å². The molecule has 0 saturated heterocycles. The normalized spacial score (nSPS) is 13.6. The summed E-state index contributed by atoms with van der Waals surface area (Å²) in [6.07, 6.45) is -3.22. The van der Waals surface area contributed by atoms with Gasteiger partial charge >= 0.3 is 12.1 Å². The van der Waals surface area contributed by atoms with Crippen LogP contribution in [-0.4, -0.2) is 31.5 Å². The number of aromatic hydroxyl groups is 1. The van der Waals surface area contributed by atoms with Crippen molar-refractivity contribution in [1.82, 2.24) is 9.55 Å². The summed E-state index contributed by atoms with van der Waals surface area (Å²) < 4.78 is 56.9. The highest BCUT2D eigenvalue weighted by Crippen LogP contribution is 2.38. The smallest absolute Gasteiger partial charge is 0.417 e. The number of hydrogen-bond acceptors (Lipinski definition) is 4. The fraction of sp³-hybridized carbons (Fsp3) is 0.227. The van der Waals surface area contributed by atoms with Crippen molar-refractivity contribution in [3.8, 4) is 17.0 Å². The number of imidazole rings is 1. The summed E-state index contributed by atoms with van der Waals surface area (Å²) in [5.74, 6) is -4.69. The molecule has 0 fully saturated rings. The molecule has 3 aromatic rings. The number of hydrogen-bond donors (Lipinski definition) is 2. The molecule has 4 rings (SSSR count).